The average Bonchev–Trinajstić information content (AvgIpc) is 2.21. The summed E-state index contributed by atoms with van der Waals surface area (Å²) in [6.45, 7) is 0. The molecule has 4 heteroatoms. The Morgan fingerprint density at radius 2 is 0.941 bits per heavy atom. The van der Waals surface area contributed by atoms with E-state index in [0.717, 1.165) is 6.42 Å². The maximum absolute atomic E-state index is 3.01. The van der Waals surface area contributed by atoms with E-state index in [-0.39, 0.29) is 182 Å². The van der Waals surface area contributed by atoms with Crippen molar-refractivity contribution in [3.8, 4) is 0 Å². The third-order valence-corrected chi connectivity index (χ3v) is 1.98. The molecule has 0 bridgehead atoms. The van der Waals surface area contributed by atoms with Gasteiger partial charge in [0.15, 0.2) is 0 Å². The SMILES string of the molecule is [Rb].[Rb].[Y].[Y].[c-]1ccc(Cc2cc[c-]cc2)cc1. The Kier molecular flexibility index (Phi) is 25.6. The third kappa shape index (κ3) is 11.5. The van der Waals surface area contributed by atoms with E-state index in [4.69, 9.17) is 0 Å². The molecule has 0 saturated carbocycles. The number of hydrogen-bond donors (Lipinski definition) is 0. The monoisotopic (exact) mass is 514 g/mol. The van der Waals surface area contributed by atoms with Crippen LogP contribution in [0.15, 0.2) is 48.5 Å². The molecule has 0 saturated heterocycles. The van der Waals surface area contributed by atoms with Crippen molar-refractivity contribution < 1.29 is 65.4 Å². The molecule has 0 aliphatic rings. The molecule has 0 nitrogen and oxygen atoms in total. The van der Waals surface area contributed by atoms with Crippen molar-refractivity contribution in [2.75, 3.05) is 0 Å². The van der Waals surface area contributed by atoms with E-state index in [1.54, 1.807) is 0 Å². The quantitative estimate of drug-likeness (QED) is 0.539. The topological polar surface area (TPSA) is 0 Å². The van der Waals surface area contributed by atoms with Gasteiger partial charge in [-0.3, -0.25) is 0 Å². The van der Waals surface area contributed by atoms with E-state index in [1.807, 2.05) is 24.3 Å². The molecule has 17 heavy (non-hydrogen) atoms. The number of rotatable bonds is 2. The second-order valence-electron chi connectivity index (χ2n) is 2.99. The first-order chi connectivity index (χ1) is 6.45. The molecule has 2 aromatic carbocycles. The summed E-state index contributed by atoms with van der Waals surface area (Å²) in [6.07, 6.45) is 0.989. The molecular formula is C13H10Rb2Y2-2. The van der Waals surface area contributed by atoms with Gasteiger partial charge in [-0.15, -0.1) is 0 Å². The van der Waals surface area contributed by atoms with E-state index < -0.39 is 0 Å². The summed E-state index contributed by atoms with van der Waals surface area (Å²) < 4.78 is 0. The summed E-state index contributed by atoms with van der Waals surface area (Å²) in [7, 11) is 0. The van der Waals surface area contributed by atoms with Crippen LogP contribution in [0.2, 0.25) is 0 Å². The van der Waals surface area contributed by atoms with Crippen molar-refractivity contribution in [1.82, 2.24) is 0 Å². The molecule has 0 fully saturated rings. The minimum absolute atomic E-state index is 0. The average molecular weight is 515 g/mol. The Balaban J connectivity index is -0.000000490. The van der Waals surface area contributed by atoms with Gasteiger partial charge in [0, 0.05) is 182 Å². The van der Waals surface area contributed by atoms with Crippen LogP contribution in [0, 0.1) is 12.1 Å². The normalized spacial score (nSPS) is 7.53. The van der Waals surface area contributed by atoms with Crippen LogP contribution in [0.25, 0.3) is 0 Å². The summed E-state index contributed by atoms with van der Waals surface area (Å²) in [6, 6.07) is 22.2. The van der Waals surface area contributed by atoms with Gasteiger partial charge in [-0.05, 0) is 6.42 Å². The van der Waals surface area contributed by atoms with Gasteiger partial charge in [0.05, 0.1) is 0 Å². The second kappa shape index (κ2) is 16.6. The van der Waals surface area contributed by atoms with Gasteiger partial charge in [0.2, 0.25) is 0 Å². The molecule has 0 aliphatic carbocycles. The molecule has 2 aromatic rings. The standard InChI is InChI=1S/C13H10.2Rb.2Y/c1-3-7-12(8-4-1)11-13-9-5-2-6-10-13;;;;/h3-10H,11H2;;;;/q-2;;;;. The van der Waals surface area contributed by atoms with E-state index in [0.29, 0.717) is 0 Å². The molecule has 72 valence electrons. The van der Waals surface area contributed by atoms with Gasteiger partial charge < -0.3 is 0 Å². The van der Waals surface area contributed by atoms with Crippen molar-refractivity contribution in [2.24, 2.45) is 0 Å². The molecule has 0 unspecified atom stereocenters. The first kappa shape index (κ1) is 26.2. The molecule has 0 amide bonds. The van der Waals surface area contributed by atoms with Gasteiger partial charge in [-0.1, -0.05) is 0 Å². The fourth-order valence-corrected chi connectivity index (χ4v) is 1.31. The van der Waals surface area contributed by atoms with E-state index >= 15 is 0 Å². The van der Waals surface area contributed by atoms with Crippen molar-refractivity contribution >= 4 is 116 Å². The number of hydrogen-bond acceptors (Lipinski definition) is 0. The summed E-state index contributed by atoms with van der Waals surface area (Å²) >= 11 is 0. The summed E-state index contributed by atoms with van der Waals surface area (Å²) in [5.74, 6) is 0. The summed E-state index contributed by atoms with van der Waals surface area (Å²) in [4.78, 5) is 0. The largest absolute Gasteiger partial charge is 0.184 e. The zero-order valence-corrected chi connectivity index (χ0v) is 26.0. The van der Waals surface area contributed by atoms with Crippen molar-refractivity contribution in [2.45, 2.75) is 6.42 Å². The molecule has 4 radical (unpaired) electrons. The molecule has 2 rings (SSSR count). The van der Waals surface area contributed by atoms with E-state index in [9.17, 15) is 0 Å². The second-order valence-corrected chi connectivity index (χ2v) is 2.99. The van der Waals surface area contributed by atoms with Crippen molar-refractivity contribution in [3.05, 3.63) is 71.8 Å². The first-order valence-corrected chi connectivity index (χ1v) is 4.35. The molecule has 0 spiro atoms. The van der Waals surface area contributed by atoms with Crippen LogP contribution in [0.5, 0.6) is 0 Å². The number of benzene rings is 2. The van der Waals surface area contributed by atoms with Crippen molar-refractivity contribution in [3.63, 3.8) is 0 Å². The Morgan fingerprint density at radius 3 is 1.24 bits per heavy atom. The third-order valence-electron chi connectivity index (χ3n) is 1.98. The van der Waals surface area contributed by atoms with Crippen LogP contribution < -0.4 is 0 Å². The molecular weight excluding hydrogens is 505 g/mol. The van der Waals surface area contributed by atoms with Crippen LogP contribution in [0.4, 0.5) is 0 Å². The van der Waals surface area contributed by atoms with Gasteiger partial charge in [0.25, 0.3) is 0 Å². The van der Waals surface area contributed by atoms with E-state index in [2.05, 4.69) is 36.4 Å². The van der Waals surface area contributed by atoms with Crippen LogP contribution in [-0.2, 0) is 71.8 Å². The Morgan fingerprint density at radius 1 is 0.647 bits per heavy atom. The zero-order valence-electron chi connectivity index (χ0n) is 10.5. The Bertz CT molecular complexity index is 328. The van der Waals surface area contributed by atoms with Gasteiger partial charge in [0.1, 0.15) is 0 Å². The van der Waals surface area contributed by atoms with Gasteiger partial charge in [-0.2, -0.15) is 71.8 Å². The zero-order chi connectivity index (χ0) is 8.93. The summed E-state index contributed by atoms with van der Waals surface area (Å²) in [5.41, 5.74) is 2.65. The van der Waals surface area contributed by atoms with Gasteiger partial charge >= 0.3 is 0 Å². The first-order valence-electron chi connectivity index (χ1n) is 4.35. The molecule has 0 atom stereocenters. The summed E-state index contributed by atoms with van der Waals surface area (Å²) in [5, 5.41) is 0. The maximum atomic E-state index is 3.01. The fraction of sp³-hybridized carbons (Fsp3) is 0.0769. The van der Waals surface area contributed by atoms with Crippen molar-refractivity contribution in [1.29, 1.82) is 0 Å². The molecule has 0 heterocycles. The van der Waals surface area contributed by atoms with Crippen LogP contribution >= 0.6 is 0 Å². The smallest absolute Gasteiger partial charge is 0 e. The van der Waals surface area contributed by atoms with Crippen LogP contribution in [0.3, 0.4) is 0 Å². The van der Waals surface area contributed by atoms with Gasteiger partial charge in [-0.25, -0.2) is 0 Å². The Labute approximate surface area is 252 Å². The minimum atomic E-state index is 0. The maximum Gasteiger partial charge on any atom is 0 e. The predicted molar refractivity (Wildman–Crippen MR) is 64.9 cm³/mol. The minimum Gasteiger partial charge on any atom is -0.184 e. The fourth-order valence-electron chi connectivity index (χ4n) is 1.31. The molecule has 0 aliphatic heterocycles. The molecule has 0 aromatic heterocycles. The Hall–Kier alpha value is 4.26. The molecule has 0 N–H and O–H groups in total. The van der Waals surface area contributed by atoms with E-state index in [1.165, 1.54) is 11.1 Å². The van der Waals surface area contributed by atoms with Crippen LogP contribution in [0.1, 0.15) is 11.1 Å². The predicted octanol–water partition coefficient (Wildman–Crippen LogP) is 2.11. The van der Waals surface area contributed by atoms with Crippen LogP contribution in [-0.4, -0.2) is 116 Å².